The first-order chi connectivity index (χ1) is 12.0. The Morgan fingerprint density at radius 3 is 2.77 bits per heavy atom. The smallest absolute Gasteiger partial charge is 0.254 e. The fraction of sp³-hybridized carbons (Fsp3) is 0.600. The van der Waals surface area contributed by atoms with Gasteiger partial charge in [0.2, 0.25) is 5.91 Å². The number of nitrogens with zero attached hydrogens (tertiary/aromatic N) is 1. The van der Waals surface area contributed by atoms with E-state index < -0.39 is 0 Å². The zero-order valence-electron chi connectivity index (χ0n) is 15.7. The molecule has 2 fully saturated rings. The molecule has 2 unspecified atom stereocenters. The molecule has 144 valence electrons. The van der Waals surface area contributed by atoms with E-state index in [1.807, 2.05) is 36.9 Å². The summed E-state index contributed by atoms with van der Waals surface area (Å²) < 4.78 is 0. The van der Waals surface area contributed by atoms with Gasteiger partial charge in [0.05, 0.1) is 6.04 Å². The predicted octanol–water partition coefficient (Wildman–Crippen LogP) is 2.45. The van der Waals surface area contributed by atoms with Crippen molar-refractivity contribution in [2.45, 2.75) is 45.6 Å². The van der Waals surface area contributed by atoms with Crippen molar-refractivity contribution >= 4 is 24.2 Å². The van der Waals surface area contributed by atoms with E-state index in [9.17, 15) is 9.59 Å². The number of hydrogen-bond donors (Lipinski definition) is 2. The monoisotopic (exact) mass is 379 g/mol. The normalized spacial score (nSPS) is 22.6. The highest BCUT2D eigenvalue weighted by Crippen LogP contribution is 2.20. The number of likely N-dealkylation sites (tertiary alicyclic amines) is 1. The average molecular weight is 380 g/mol. The highest BCUT2D eigenvalue weighted by Gasteiger charge is 2.27. The number of hydrogen-bond acceptors (Lipinski definition) is 3. The number of nitrogens with one attached hydrogen (secondary N) is 2. The van der Waals surface area contributed by atoms with Crippen LogP contribution < -0.4 is 10.6 Å². The minimum Gasteiger partial charge on any atom is -0.354 e. The van der Waals surface area contributed by atoms with Gasteiger partial charge in [-0.2, -0.15) is 0 Å². The third kappa shape index (κ3) is 4.98. The third-order valence-electron chi connectivity index (χ3n) is 5.37. The maximum Gasteiger partial charge on any atom is 0.254 e. The fourth-order valence-corrected chi connectivity index (χ4v) is 3.83. The second kappa shape index (κ2) is 9.38. The second-order valence-corrected chi connectivity index (χ2v) is 7.47. The molecule has 2 amide bonds. The van der Waals surface area contributed by atoms with Crippen molar-refractivity contribution in [1.82, 2.24) is 15.5 Å². The van der Waals surface area contributed by atoms with E-state index in [1.54, 1.807) is 0 Å². The van der Waals surface area contributed by atoms with Crippen molar-refractivity contribution in [3.8, 4) is 0 Å². The summed E-state index contributed by atoms with van der Waals surface area (Å²) in [5, 5.41) is 6.30. The molecule has 5 nitrogen and oxygen atoms in total. The molecule has 6 heteroatoms. The number of piperidine rings is 1. The molecule has 2 saturated heterocycles. The predicted molar refractivity (Wildman–Crippen MR) is 106 cm³/mol. The van der Waals surface area contributed by atoms with Gasteiger partial charge in [-0.05, 0) is 63.6 Å². The van der Waals surface area contributed by atoms with Crippen molar-refractivity contribution in [1.29, 1.82) is 0 Å². The van der Waals surface area contributed by atoms with Crippen LogP contribution in [0, 0.1) is 19.8 Å². The lowest BCUT2D eigenvalue weighted by Gasteiger charge is -2.33. The summed E-state index contributed by atoms with van der Waals surface area (Å²) in [6.07, 6.45) is 4.06. The van der Waals surface area contributed by atoms with Crippen LogP contribution in [0.2, 0.25) is 0 Å². The SMILES string of the molecule is Cc1ccc(C)c(C(=O)N2CCCC(CNC(=O)C3CCCN3)C2)c1.Cl. The number of carbonyl (C=O) groups is 2. The second-order valence-electron chi connectivity index (χ2n) is 7.47. The number of benzene rings is 1. The first-order valence-electron chi connectivity index (χ1n) is 9.42. The Bertz CT molecular complexity index is 644. The molecule has 3 rings (SSSR count). The molecule has 1 aromatic carbocycles. The van der Waals surface area contributed by atoms with Gasteiger partial charge in [-0.1, -0.05) is 17.7 Å². The lowest BCUT2D eigenvalue weighted by atomic mass is 9.96. The molecule has 2 aliphatic heterocycles. The molecule has 2 N–H and O–H groups in total. The topological polar surface area (TPSA) is 61.4 Å². The Kier molecular flexibility index (Phi) is 7.47. The van der Waals surface area contributed by atoms with Crippen molar-refractivity contribution in [2.75, 3.05) is 26.2 Å². The maximum absolute atomic E-state index is 12.9. The van der Waals surface area contributed by atoms with Crippen LogP contribution in [-0.4, -0.2) is 48.9 Å². The molecular formula is C20H30ClN3O2. The molecule has 0 radical (unpaired) electrons. The van der Waals surface area contributed by atoms with Crippen molar-refractivity contribution in [3.05, 3.63) is 34.9 Å². The first kappa shape index (κ1) is 20.7. The molecule has 2 heterocycles. The number of carbonyl (C=O) groups excluding carboxylic acids is 2. The van der Waals surface area contributed by atoms with Crippen LogP contribution in [0.25, 0.3) is 0 Å². The molecule has 0 saturated carbocycles. The van der Waals surface area contributed by atoms with Gasteiger partial charge in [0.15, 0.2) is 0 Å². The first-order valence-corrected chi connectivity index (χ1v) is 9.42. The third-order valence-corrected chi connectivity index (χ3v) is 5.37. The number of amides is 2. The Labute approximate surface area is 162 Å². The van der Waals surface area contributed by atoms with Gasteiger partial charge >= 0.3 is 0 Å². The van der Waals surface area contributed by atoms with Gasteiger partial charge in [-0.25, -0.2) is 0 Å². The van der Waals surface area contributed by atoms with Crippen LogP contribution >= 0.6 is 12.4 Å². The molecular weight excluding hydrogens is 350 g/mol. The van der Waals surface area contributed by atoms with E-state index in [1.165, 1.54) is 0 Å². The van der Waals surface area contributed by atoms with E-state index in [4.69, 9.17) is 0 Å². The summed E-state index contributed by atoms with van der Waals surface area (Å²) >= 11 is 0. The quantitative estimate of drug-likeness (QED) is 0.844. The summed E-state index contributed by atoms with van der Waals surface area (Å²) in [5.41, 5.74) is 2.94. The summed E-state index contributed by atoms with van der Waals surface area (Å²) in [5.74, 6) is 0.568. The summed E-state index contributed by atoms with van der Waals surface area (Å²) in [7, 11) is 0. The lowest BCUT2D eigenvalue weighted by molar-refractivity contribution is -0.123. The van der Waals surface area contributed by atoms with Crippen LogP contribution in [-0.2, 0) is 4.79 Å². The van der Waals surface area contributed by atoms with Gasteiger partial charge in [-0.3, -0.25) is 9.59 Å². The molecule has 0 aliphatic carbocycles. The van der Waals surface area contributed by atoms with E-state index in [2.05, 4.69) is 10.6 Å². The molecule has 2 atom stereocenters. The van der Waals surface area contributed by atoms with Crippen LogP contribution in [0.1, 0.15) is 47.2 Å². The highest BCUT2D eigenvalue weighted by atomic mass is 35.5. The summed E-state index contributed by atoms with van der Waals surface area (Å²) in [4.78, 5) is 27.0. The van der Waals surface area contributed by atoms with Gasteiger partial charge in [-0.15, -0.1) is 12.4 Å². The lowest BCUT2D eigenvalue weighted by Crippen LogP contribution is -2.46. The van der Waals surface area contributed by atoms with Crippen LogP contribution in [0.4, 0.5) is 0 Å². The van der Waals surface area contributed by atoms with Crippen molar-refractivity contribution < 1.29 is 9.59 Å². The van der Waals surface area contributed by atoms with Crippen molar-refractivity contribution in [2.24, 2.45) is 5.92 Å². The molecule has 26 heavy (non-hydrogen) atoms. The van der Waals surface area contributed by atoms with Crippen LogP contribution in [0.5, 0.6) is 0 Å². The van der Waals surface area contributed by atoms with Crippen molar-refractivity contribution in [3.63, 3.8) is 0 Å². The van der Waals surface area contributed by atoms with Gasteiger partial charge in [0.1, 0.15) is 0 Å². The number of rotatable bonds is 4. The summed E-state index contributed by atoms with van der Waals surface area (Å²) in [6, 6.07) is 6.00. The Morgan fingerprint density at radius 2 is 2.04 bits per heavy atom. The van der Waals surface area contributed by atoms with Gasteiger partial charge in [0, 0.05) is 25.2 Å². The highest BCUT2D eigenvalue weighted by molar-refractivity contribution is 5.96. The largest absolute Gasteiger partial charge is 0.354 e. The zero-order valence-corrected chi connectivity index (χ0v) is 16.5. The standard InChI is InChI=1S/C20H29N3O2.ClH/c1-14-7-8-15(2)17(11-14)20(25)23-10-4-5-16(13-23)12-22-19(24)18-6-3-9-21-18;/h7-8,11,16,18,21H,3-6,9-10,12-13H2,1-2H3,(H,22,24);1H. The average Bonchev–Trinajstić information content (AvgIpc) is 3.16. The molecule has 0 aromatic heterocycles. The van der Waals surface area contributed by atoms with E-state index in [0.29, 0.717) is 12.5 Å². The van der Waals surface area contributed by atoms with E-state index >= 15 is 0 Å². The number of halogens is 1. The van der Waals surface area contributed by atoms with E-state index in [-0.39, 0.29) is 30.3 Å². The minimum atomic E-state index is -0.0312. The zero-order chi connectivity index (χ0) is 17.8. The number of aryl methyl sites for hydroxylation is 2. The maximum atomic E-state index is 12.9. The molecule has 0 spiro atoms. The molecule has 0 bridgehead atoms. The van der Waals surface area contributed by atoms with Crippen LogP contribution in [0.15, 0.2) is 18.2 Å². The summed E-state index contributed by atoms with van der Waals surface area (Å²) in [6.45, 7) is 7.13. The van der Waals surface area contributed by atoms with Crippen LogP contribution in [0.3, 0.4) is 0 Å². The Morgan fingerprint density at radius 1 is 1.23 bits per heavy atom. The molecule has 2 aliphatic rings. The Balaban J connectivity index is 0.00000243. The fourth-order valence-electron chi connectivity index (χ4n) is 3.83. The van der Waals surface area contributed by atoms with Gasteiger partial charge < -0.3 is 15.5 Å². The minimum absolute atomic E-state index is 0. The molecule has 1 aromatic rings. The Hall–Kier alpha value is -1.59. The van der Waals surface area contributed by atoms with Gasteiger partial charge in [0.25, 0.3) is 5.91 Å². The van der Waals surface area contributed by atoms with E-state index in [0.717, 1.165) is 62.0 Å².